The summed E-state index contributed by atoms with van der Waals surface area (Å²) in [5.74, 6) is 1.07. The summed E-state index contributed by atoms with van der Waals surface area (Å²) in [5, 5.41) is 12.5. The van der Waals surface area contributed by atoms with Crippen molar-refractivity contribution in [1.82, 2.24) is 24.9 Å². The van der Waals surface area contributed by atoms with Crippen LogP contribution in [-0.2, 0) is 19.0 Å². The van der Waals surface area contributed by atoms with Gasteiger partial charge in [0.2, 0.25) is 11.8 Å². The summed E-state index contributed by atoms with van der Waals surface area (Å²) in [6, 6.07) is 8.86. The Morgan fingerprint density at radius 3 is 2.46 bits per heavy atom. The van der Waals surface area contributed by atoms with Crippen molar-refractivity contribution >= 4 is 5.95 Å². The van der Waals surface area contributed by atoms with Gasteiger partial charge in [0.25, 0.3) is 5.56 Å². The Bertz CT molecular complexity index is 1480. The first-order valence-electron chi connectivity index (χ1n) is 11.0. The van der Waals surface area contributed by atoms with Gasteiger partial charge in [0.05, 0.1) is 11.1 Å². The Balaban J connectivity index is 1.34. The van der Waals surface area contributed by atoms with Crippen molar-refractivity contribution in [2.75, 3.05) is 11.9 Å². The number of hydrogen-bond acceptors (Lipinski definition) is 8. The summed E-state index contributed by atoms with van der Waals surface area (Å²) in [7, 11) is 0. The van der Waals surface area contributed by atoms with E-state index in [2.05, 4.69) is 30.2 Å². The Kier molecular flexibility index (Phi) is 7.43. The minimum Gasteiger partial charge on any atom is -0.438 e. The fourth-order valence-corrected chi connectivity index (χ4v) is 3.32. The van der Waals surface area contributed by atoms with Crippen LogP contribution in [0.4, 0.5) is 19.1 Å². The highest BCUT2D eigenvalue weighted by molar-refractivity contribution is 5.47. The molecule has 3 heterocycles. The Morgan fingerprint density at radius 1 is 1.03 bits per heavy atom. The lowest BCUT2D eigenvalue weighted by atomic mass is 10.1. The molecule has 188 valence electrons. The molecular weight excluding hydrogens is 487 g/mol. The Morgan fingerprint density at radius 2 is 1.81 bits per heavy atom. The summed E-state index contributed by atoms with van der Waals surface area (Å²) >= 11 is 0. The van der Waals surface area contributed by atoms with Crippen LogP contribution in [0.15, 0.2) is 59.9 Å². The number of nitrogens with one attached hydrogen (secondary N) is 2. The smallest absolute Gasteiger partial charge is 0.417 e. The molecule has 0 aliphatic carbocycles. The third-order valence-electron chi connectivity index (χ3n) is 5.25. The van der Waals surface area contributed by atoms with Gasteiger partial charge in [-0.05, 0) is 42.7 Å². The molecule has 0 aliphatic rings. The van der Waals surface area contributed by atoms with Gasteiger partial charge in [-0.3, -0.25) is 9.78 Å². The van der Waals surface area contributed by atoms with E-state index in [1.807, 2.05) is 6.07 Å². The number of rotatable bonds is 8. The van der Waals surface area contributed by atoms with Crippen molar-refractivity contribution in [1.29, 1.82) is 5.26 Å². The maximum absolute atomic E-state index is 12.7. The number of H-pyrrole nitrogens is 1. The van der Waals surface area contributed by atoms with E-state index in [-0.39, 0.29) is 22.8 Å². The van der Waals surface area contributed by atoms with Gasteiger partial charge in [-0.15, -0.1) is 0 Å². The van der Waals surface area contributed by atoms with Crippen LogP contribution in [0.2, 0.25) is 0 Å². The molecule has 3 aromatic heterocycles. The van der Waals surface area contributed by atoms with Crippen molar-refractivity contribution in [2.45, 2.75) is 25.9 Å². The number of ether oxygens (including phenoxy) is 1. The number of halogens is 3. The van der Waals surface area contributed by atoms with Gasteiger partial charge in [-0.25, -0.2) is 19.9 Å². The van der Waals surface area contributed by atoms with E-state index in [0.717, 1.165) is 23.3 Å². The van der Waals surface area contributed by atoms with Crippen LogP contribution in [0.25, 0.3) is 0 Å². The average Bonchev–Trinajstić information content (AvgIpc) is 2.87. The van der Waals surface area contributed by atoms with E-state index in [0.29, 0.717) is 42.9 Å². The first kappa shape index (κ1) is 25.3. The summed E-state index contributed by atoms with van der Waals surface area (Å²) in [6.45, 7) is 2.20. The highest BCUT2D eigenvalue weighted by atomic mass is 19.4. The molecule has 0 spiro atoms. The first-order valence-corrected chi connectivity index (χ1v) is 11.0. The van der Waals surface area contributed by atoms with Gasteiger partial charge in [0.15, 0.2) is 0 Å². The number of hydrogen-bond donors (Lipinski definition) is 2. The summed E-state index contributed by atoms with van der Waals surface area (Å²) in [5.41, 5.74) is 1.12. The maximum Gasteiger partial charge on any atom is 0.417 e. The number of aromatic amines is 1. The SMILES string of the molecule is Cc1ncc(Cc2cnc(NCCc3ccc(Oc4ccc(C(F)(F)F)cn4)c(C#N)c3)[nH]c2=O)cn1. The van der Waals surface area contributed by atoms with Crippen LogP contribution < -0.4 is 15.6 Å². The zero-order valence-corrected chi connectivity index (χ0v) is 19.5. The predicted octanol–water partition coefficient (Wildman–Crippen LogP) is 4.19. The molecule has 0 radical (unpaired) electrons. The molecule has 4 aromatic rings. The Labute approximate surface area is 209 Å². The molecule has 12 heteroatoms. The lowest BCUT2D eigenvalue weighted by Gasteiger charge is -2.10. The van der Waals surface area contributed by atoms with Crippen LogP contribution in [-0.4, -0.2) is 31.5 Å². The molecule has 37 heavy (non-hydrogen) atoms. The minimum atomic E-state index is -4.50. The normalized spacial score (nSPS) is 11.1. The van der Waals surface area contributed by atoms with Crippen molar-refractivity contribution in [3.05, 3.63) is 99.1 Å². The highest BCUT2D eigenvalue weighted by Crippen LogP contribution is 2.30. The summed E-state index contributed by atoms with van der Waals surface area (Å²) < 4.78 is 43.6. The monoisotopic (exact) mass is 507 g/mol. The zero-order valence-electron chi connectivity index (χ0n) is 19.5. The van der Waals surface area contributed by atoms with Gasteiger partial charge in [-0.2, -0.15) is 18.4 Å². The Hall–Kier alpha value is -4.79. The van der Waals surface area contributed by atoms with E-state index >= 15 is 0 Å². The number of nitrogens with zero attached hydrogens (tertiary/aromatic N) is 5. The second-order valence-electron chi connectivity index (χ2n) is 8.01. The molecule has 0 saturated heterocycles. The van der Waals surface area contributed by atoms with Crippen LogP contribution in [0, 0.1) is 18.3 Å². The molecule has 0 amide bonds. The van der Waals surface area contributed by atoms with Crippen molar-refractivity contribution < 1.29 is 17.9 Å². The molecule has 9 nitrogen and oxygen atoms in total. The van der Waals surface area contributed by atoms with Gasteiger partial charge >= 0.3 is 6.18 Å². The summed E-state index contributed by atoms with van der Waals surface area (Å²) in [4.78, 5) is 31.2. The fourth-order valence-electron chi connectivity index (χ4n) is 3.32. The number of aryl methyl sites for hydroxylation is 1. The van der Waals surface area contributed by atoms with Gasteiger partial charge in [-0.1, -0.05) is 6.07 Å². The lowest BCUT2D eigenvalue weighted by molar-refractivity contribution is -0.137. The van der Waals surface area contributed by atoms with Crippen LogP contribution in [0.5, 0.6) is 11.6 Å². The molecule has 0 bridgehead atoms. The van der Waals surface area contributed by atoms with Gasteiger partial charge in [0, 0.05) is 49.4 Å². The van der Waals surface area contributed by atoms with Crippen LogP contribution in [0.1, 0.15) is 33.6 Å². The van der Waals surface area contributed by atoms with Crippen molar-refractivity contribution in [3.63, 3.8) is 0 Å². The van der Waals surface area contributed by atoms with E-state index in [1.165, 1.54) is 6.20 Å². The first-order chi connectivity index (χ1) is 17.7. The third-order valence-corrected chi connectivity index (χ3v) is 5.25. The van der Waals surface area contributed by atoms with E-state index in [1.54, 1.807) is 37.5 Å². The molecule has 0 saturated carbocycles. The quantitative estimate of drug-likeness (QED) is 0.363. The predicted molar refractivity (Wildman–Crippen MR) is 127 cm³/mol. The topological polar surface area (TPSA) is 129 Å². The molecule has 0 unspecified atom stereocenters. The third kappa shape index (κ3) is 6.66. The number of benzene rings is 1. The molecular formula is C25H20F3N7O2. The van der Waals surface area contributed by atoms with E-state index < -0.39 is 11.7 Å². The number of anilines is 1. The number of pyridine rings is 1. The fraction of sp³-hybridized carbons (Fsp3) is 0.200. The van der Waals surface area contributed by atoms with E-state index in [9.17, 15) is 23.2 Å². The molecule has 0 atom stereocenters. The zero-order chi connectivity index (χ0) is 26.4. The molecule has 0 fully saturated rings. The largest absolute Gasteiger partial charge is 0.438 e. The molecule has 4 rings (SSSR count). The average molecular weight is 507 g/mol. The van der Waals surface area contributed by atoms with Crippen LogP contribution in [0.3, 0.4) is 0 Å². The molecule has 1 aromatic carbocycles. The lowest BCUT2D eigenvalue weighted by Crippen LogP contribution is -2.18. The van der Waals surface area contributed by atoms with Crippen molar-refractivity contribution in [3.8, 4) is 17.7 Å². The van der Waals surface area contributed by atoms with Crippen molar-refractivity contribution in [2.24, 2.45) is 0 Å². The minimum absolute atomic E-state index is 0.0627. The van der Waals surface area contributed by atoms with Gasteiger partial charge < -0.3 is 10.1 Å². The molecule has 0 aliphatic heterocycles. The second-order valence-corrected chi connectivity index (χ2v) is 8.01. The maximum atomic E-state index is 12.7. The number of nitriles is 1. The standard InChI is InChI=1S/C25H20F3N7O2/c1-15-31-11-17(12-32-15)9-19-13-34-24(35-23(19)36)30-7-6-16-2-4-21(18(8-16)10-29)37-22-5-3-20(14-33-22)25(26,27)28/h2-5,8,11-14H,6-7,9H2,1H3,(H2,30,34,35,36). The number of aromatic nitrogens is 5. The number of alkyl halides is 3. The molecule has 2 N–H and O–H groups in total. The second kappa shape index (κ2) is 10.9. The van der Waals surface area contributed by atoms with Crippen LogP contribution >= 0.6 is 0 Å². The van der Waals surface area contributed by atoms with E-state index in [4.69, 9.17) is 4.74 Å². The highest BCUT2D eigenvalue weighted by Gasteiger charge is 2.30. The van der Waals surface area contributed by atoms with Gasteiger partial charge in [0.1, 0.15) is 17.6 Å². The summed E-state index contributed by atoms with van der Waals surface area (Å²) in [6.07, 6.45) is 1.86.